The van der Waals surface area contributed by atoms with Crippen molar-refractivity contribution in [3.63, 3.8) is 0 Å². The first-order valence-electron chi connectivity index (χ1n) is 11.3. The number of carbonyl (C=O) groups is 4. The van der Waals surface area contributed by atoms with Gasteiger partial charge in [0.25, 0.3) is 11.8 Å². The van der Waals surface area contributed by atoms with E-state index in [0.717, 1.165) is 4.90 Å². The molecular weight excluding hydrogens is 537 g/mol. The van der Waals surface area contributed by atoms with Crippen molar-refractivity contribution in [1.82, 2.24) is 10.2 Å². The number of carbonyl (C=O) groups excluding carboxylic acids is 4. The Labute approximate surface area is 226 Å². The van der Waals surface area contributed by atoms with Gasteiger partial charge in [-0.1, -0.05) is 23.7 Å². The number of imide groups is 1. The van der Waals surface area contributed by atoms with Crippen LogP contribution in [0.15, 0.2) is 58.6 Å². The summed E-state index contributed by atoms with van der Waals surface area (Å²) in [7, 11) is 2.55. The van der Waals surface area contributed by atoms with Crippen molar-refractivity contribution in [1.29, 1.82) is 0 Å². The smallest absolute Gasteiger partial charge is 0.373 e. The van der Waals surface area contributed by atoms with E-state index in [-0.39, 0.29) is 46.0 Å². The molecule has 1 fully saturated rings. The first kappa shape index (κ1) is 27.2. The van der Waals surface area contributed by atoms with E-state index in [1.165, 1.54) is 62.8 Å². The number of hydrogen-bond acceptors (Lipinski definition) is 8. The molecule has 0 unspecified atom stereocenters. The first-order valence-corrected chi connectivity index (χ1v) is 11.6. The molecule has 1 saturated heterocycles. The molecular formula is C26H21ClFN3O8. The van der Waals surface area contributed by atoms with E-state index in [2.05, 4.69) is 15.4 Å². The van der Waals surface area contributed by atoms with Crippen molar-refractivity contribution in [3.05, 3.63) is 82.2 Å². The van der Waals surface area contributed by atoms with Crippen LogP contribution in [0.4, 0.5) is 14.9 Å². The van der Waals surface area contributed by atoms with Crippen molar-refractivity contribution in [2.75, 3.05) is 26.1 Å². The lowest BCUT2D eigenvalue weighted by Crippen LogP contribution is -2.30. The summed E-state index contributed by atoms with van der Waals surface area (Å²) < 4.78 is 34.5. The molecule has 0 bridgehead atoms. The Bertz CT molecular complexity index is 1490. The molecule has 2 N–H and O–H groups in total. The van der Waals surface area contributed by atoms with E-state index in [4.69, 9.17) is 25.5 Å². The van der Waals surface area contributed by atoms with Gasteiger partial charge in [-0.3, -0.25) is 14.5 Å². The molecule has 0 atom stereocenters. The SMILES string of the molecule is COC(=O)c1ccc(CN2C(=O)N/C(=C\c3cc(Cl)c(OCC(=O)Nc4ccccc4F)c(OC)c3)C2=O)o1. The maximum absolute atomic E-state index is 13.8. The normalized spacial score (nSPS) is 13.8. The molecule has 2 heterocycles. The van der Waals surface area contributed by atoms with Crippen LogP contribution in [0, 0.1) is 5.82 Å². The molecule has 4 rings (SSSR count). The van der Waals surface area contributed by atoms with Crippen LogP contribution in [-0.4, -0.2) is 49.5 Å². The van der Waals surface area contributed by atoms with E-state index in [9.17, 15) is 23.6 Å². The Morgan fingerprint density at radius 2 is 1.92 bits per heavy atom. The summed E-state index contributed by atoms with van der Waals surface area (Å²) in [4.78, 5) is 50.0. The van der Waals surface area contributed by atoms with Crippen molar-refractivity contribution >= 4 is 47.2 Å². The summed E-state index contributed by atoms with van der Waals surface area (Å²) in [5.74, 6) is -2.23. The van der Waals surface area contributed by atoms with Crippen molar-refractivity contribution in [2.24, 2.45) is 0 Å². The Morgan fingerprint density at radius 3 is 2.64 bits per heavy atom. The van der Waals surface area contributed by atoms with Crippen LogP contribution in [-0.2, 0) is 20.9 Å². The number of amides is 4. The largest absolute Gasteiger partial charge is 0.493 e. The van der Waals surface area contributed by atoms with Gasteiger partial charge in [0.1, 0.15) is 17.3 Å². The minimum absolute atomic E-state index is 0.000547. The topological polar surface area (TPSA) is 136 Å². The molecule has 13 heteroatoms. The van der Waals surface area contributed by atoms with Crippen LogP contribution in [0.25, 0.3) is 6.08 Å². The van der Waals surface area contributed by atoms with Gasteiger partial charge in [-0.05, 0) is 48.0 Å². The minimum atomic E-state index is -0.693. The summed E-state index contributed by atoms with van der Waals surface area (Å²) >= 11 is 6.35. The number of ether oxygens (including phenoxy) is 3. The molecule has 11 nitrogen and oxygen atoms in total. The van der Waals surface area contributed by atoms with Crippen LogP contribution in [0.3, 0.4) is 0 Å². The summed E-state index contributed by atoms with van der Waals surface area (Å²) in [6, 6.07) is 10.7. The van der Waals surface area contributed by atoms with E-state index in [1.807, 2.05) is 0 Å². The van der Waals surface area contributed by atoms with E-state index >= 15 is 0 Å². The number of para-hydroxylation sites is 1. The average molecular weight is 558 g/mol. The van der Waals surface area contributed by atoms with Crippen LogP contribution < -0.4 is 20.1 Å². The average Bonchev–Trinajstić information content (AvgIpc) is 3.49. The van der Waals surface area contributed by atoms with Gasteiger partial charge in [-0.15, -0.1) is 0 Å². The maximum atomic E-state index is 13.8. The Morgan fingerprint density at radius 1 is 1.15 bits per heavy atom. The number of furan rings is 1. The van der Waals surface area contributed by atoms with Gasteiger partial charge in [0, 0.05) is 0 Å². The third-order valence-electron chi connectivity index (χ3n) is 5.38. The number of benzene rings is 2. The van der Waals surface area contributed by atoms with E-state index in [1.54, 1.807) is 6.07 Å². The van der Waals surface area contributed by atoms with Gasteiger partial charge in [0.05, 0.1) is 31.5 Å². The predicted molar refractivity (Wildman–Crippen MR) is 136 cm³/mol. The number of hydrogen-bond donors (Lipinski definition) is 2. The summed E-state index contributed by atoms with van der Waals surface area (Å²) in [6.07, 6.45) is 1.38. The predicted octanol–water partition coefficient (Wildman–Crippen LogP) is 3.98. The monoisotopic (exact) mass is 557 g/mol. The third-order valence-corrected chi connectivity index (χ3v) is 5.66. The van der Waals surface area contributed by atoms with Gasteiger partial charge < -0.3 is 29.3 Å². The number of anilines is 1. The highest BCUT2D eigenvalue weighted by molar-refractivity contribution is 6.32. The highest BCUT2D eigenvalue weighted by atomic mass is 35.5. The molecule has 39 heavy (non-hydrogen) atoms. The molecule has 0 saturated carbocycles. The lowest BCUT2D eigenvalue weighted by atomic mass is 10.1. The molecule has 0 radical (unpaired) electrons. The second-order valence-electron chi connectivity index (χ2n) is 7.99. The number of nitrogens with one attached hydrogen (secondary N) is 2. The Kier molecular flexibility index (Phi) is 8.15. The lowest BCUT2D eigenvalue weighted by Gasteiger charge is -2.14. The zero-order valence-corrected chi connectivity index (χ0v) is 21.3. The first-order chi connectivity index (χ1) is 18.7. The van der Waals surface area contributed by atoms with Gasteiger partial charge >= 0.3 is 12.0 Å². The van der Waals surface area contributed by atoms with Crippen LogP contribution in [0.2, 0.25) is 5.02 Å². The highest BCUT2D eigenvalue weighted by Gasteiger charge is 2.34. The standard InChI is InChI=1S/C26H21ClFN3O8/c1-36-21-11-14(9-16(27)23(21)38-13-22(32)29-18-6-4-3-5-17(18)28)10-19-24(33)31(26(35)30-19)12-15-7-8-20(39-15)25(34)37-2/h3-11H,12-13H2,1-2H3,(H,29,32)(H,30,35)/b19-10-. The summed E-state index contributed by atoms with van der Waals surface area (Å²) in [5.41, 5.74) is 0.340. The molecule has 0 aliphatic carbocycles. The second kappa shape index (κ2) is 11.7. The van der Waals surface area contributed by atoms with E-state index in [0.29, 0.717) is 5.56 Å². The van der Waals surface area contributed by atoms with Gasteiger partial charge in [-0.2, -0.15) is 0 Å². The molecule has 1 aromatic heterocycles. The number of rotatable bonds is 9. The number of halogens is 2. The fourth-order valence-corrected chi connectivity index (χ4v) is 3.83. The number of esters is 1. The second-order valence-corrected chi connectivity index (χ2v) is 8.40. The Balaban J connectivity index is 1.46. The van der Waals surface area contributed by atoms with Crippen LogP contribution in [0.5, 0.6) is 11.5 Å². The molecule has 202 valence electrons. The molecule has 1 aliphatic heterocycles. The quantitative estimate of drug-likeness (QED) is 0.229. The van der Waals surface area contributed by atoms with E-state index < -0.39 is 36.2 Å². The third kappa shape index (κ3) is 6.18. The number of urea groups is 1. The fraction of sp³-hybridized carbons (Fsp3) is 0.154. The zero-order valence-electron chi connectivity index (χ0n) is 20.6. The lowest BCUT2D eigenvalue weighted by molar-refractivity contribution is -0.123. The van der Waals surface area contributed by atoms with Crippen molar-refractivity contribution in [3.8, 4) is 11.5 Å². The number of nitrogens with zero attached hydrogens (tertiary/aromatic N) is 1. The summed E-state index contributed by atoms with van der Waals surface area (Å²) in [6.45, 7) is -0.705. The van der Waals surface area contributed by atoms with Crippen LogP contribution in [0.1, 0.15) is 21.9 Å². The van der Waals surface area contributed by atoms with Gasteiger partial charge in [0.2, 0.25) is 5.76 Å². The minimum Gasteiger partial charge on any atom is -0.493 e. The molecule has 4 amide bonds. The van der Waals surface area contributed by atoms with Crippen LogP contribution >= 0.6 is 11.6 Å². The van der Waals surface area contributed by atoms with Gasteiger partial charge in [0.15, 0.2) is 18.1 Å². The zero-order chi connectivity index (χ0) is 28.1. The Hall–Kier alpha value is -4.84. The molecule has 1 aliphatic rings. The molecule has 0 spiro atoms. The highest BCUT2D eigenvalue weighted by Crippen LogP contribution is 2.37. The maximum Gasteiger partial charge on any atom is 0.373 e. The molecule has 2 aromatic carbocycles. The molecule has 3 aromatic rings. The fourth-order valence-electron chi connectivity index (χ4n) is 3.56. The summed E-state index contributed by atoms with van der Waals surface area (Å²) in [5, 5.41) is 4.92. The number of methoxy groups -OCH3 is 2. The van der Waals surface area contributed by atoms with Crippen molar-refractivity contribution < 1.29 is 42.2 Å². The van der Waals surface area contributed by atoms with Gasteiger partial charge in [-0.25, -0.2) is 14.0 Å². The van der Waals surface area contributed by atoms with Crippen molar-refractivity contribution in [2.45, 2.75) is 6.54 Å².